The Labute approximate surface area is 101 Å². The monoisotopic (exact) mass is 238 g/mol. The number of hydrogen-bond donors (Lipinski definition) is 1. The van der Waals surface area contributed by atoms with Crippen LogP contribution in [0.4, 0.5) is 0 Å². The van der Waals surface area contributed by atoms with Gasteiger partial charge >= 0.3 is 11.9 Å². The minimum atomic E-state index is -1.17. The fraction of sp³-hybridized carbons (Fsp3) is 0.692. The van der Waals surface area contributed by atoms with Crippen molar-refractivity contribution in [3.05, 3.63) is 0 Å². The first kappa shape index (κ1) is 13.6. The lowest BCUT2D eigenvalue weighted by molar-refractivity contribution is -0.157. The van der Waals surface area contributed by atoms with Gasteiger partial charge in [-0.15, -0.1) is 0 Å². The Morgan fingerprint density at radius 1 is 1.29 bits per heavy atom. The molecule has 0 aromatic rings. The molecule has 0 heterocycles. The quantitative estimate of drug-likeness (QED) is 0.557. The highest BCUT2D eigenvalue weighted by Gasteiger charge is 2.62. The summed E-state index contributed by atoms with van der Waals surface area (Å²) in [6.07, 6.45) is 0. The molecular weight excluding hydrogens is 220 g/mol. The third kappa shape index (κ3) is 3.23. The van der Waals surface area contributed by atoms with Crippen LogP contribution < -0.4 is 0 Å². The lowest BCUT2D eigenvalue weighted by Gasteiger charge is -2.19. The van der Waals surface area contributed by atoms with Crippen LogP contribution in [0, 0.1) is 29.1 Å². The smallest absolute Gasteiger partial charge is 0.381 e. The summed E-state index contributed by atoms with van der Waals surface area (Å²) in [5.74, 6) is 2.66. The fourth-order valence-corrected chi connectivity index (χ4v) is 1.85. The Morgan fingerprint density at radius 3 is 2.24 bits per heavy atom. The molecule has 0 aromatic carbocycles. The molecule has 0 spiro atoms. The van der Waals surface area contributed by atoms with Crippen molar-refractivity contribution >= 4 is 11.9 Å². The van der Waals surface area contributed by atoms with Gasteiger partial charge in [-0.25, -0.2) is 4.79 Å². The molecule has 0 radical (unpaired) electrons. The van der Waals surface area contributed by atoms with Crippen molar-refractivity contribution in [3.8, 4) is 11.8 Å². The van der Waals surface area contributed by atoms with Crippen molar-refractivity contribution in [1.82, 2.24) is 0 Å². The Balaban J connectivity index is 2.72. The molecule has 0 saturated heterocycles. The van der Waals surface area contributed by atoms with Gasteiger partial charge in [-0.3, -0.25) is 4.79 Å². The molecule has 1 aliphatic rings. The van der Waals surface area contributed by atoms with E-state index >= 15 is 0 Å². The molecule has 1 aliphatic carbocycles. The van der Waals surface area contributed by atoms with Gasteiger partial charge < -0.3 is 9.84 Å². The first-order valence-electron chi connectivity index (χ1n) is 5.53. The van der Waals surface area contributed by atoms with Crippen molar-refractivity contribution in [2.45, 2.75) is 40.2 Å². The second-order valence-corrected chi connectivity index (χ2v) is 5.88. The van der Waals surface area contributed by atoms with E-state index in [-0.39, 0.29) is 23.2 Å². The van der Waals surface area contributed by atoms with Crippen molar-refractivity contribution < 1.29 is 19.4 Å². The van der Waals surface area contributed by atoms with Gasteiger partial charge in [0.2, 0.25) is 0 Å². The number of carbonyl (C=O) groups is 2. The normalized spacial score (nSPS) is 25.5. The van der Waals surface area contributed by atoms with E-state index in [1.165, 1.54) is 0 Å². The first-order chi connectivity index (χ1) is 7.55. The zero-order valence-electron chi connectivity index (χ0n) is 10.8. The van der Waals surface area contributed by atoms with E-state index in [2.05, 4.69) is 11.8 Å². The largest absolute Gasteiger partial charge is 0.472 e. The van der Waals surface area contributed by atoms with E-state index in [9.17, 15) is 9.59 Å². The van der Waals surface area contributed by atoms with Crippen LogP contribution in [0.1, 0.15) is 34.6 Å². The zero-order valence-corrected chi connectivity index (χ0v) is 10.8. The predicted octanol–water partition coefficient (Wildman–Crippen LogP) is 1.69. The maximum atomic E-state index is 11.9. The zero-order chi connectivity index (χ0) is 13.4. The van der Waals surface area contributed by atoms with Gasteiger partial charge in [-0.1, -0.05) is 19.8 Å². The van der Waals surface area contributed by atoms with Gasteiger partial charge in [0.15, 0.2) is 0 Å². The van der Waals surface area contributed by atoms with E-state index in [4.69, 9.17) is 9.84 Å². The van der Waals surface area contributed by atoms with Gasteiger partial charge in [-0.05, 0) is 26.2 Å². The predicted molar refractivity (Wildman–Crippen MR) is 62.0 cm³/mol. The van der Waals surface area contributed by atoms with Gasteiger partial charge in [0.25, 0.3) is 0 Å². The second kappa shape index (κ2) is 4.06. The van der Waals surface area contributed by atoms with Crippen LogP contribution >= 0.6 is 0 Å². The summed E-state index contributed by atoms with van der Waals surface area (Å²) in [6.45, 7) is 9.19. The lowest BCUT2D eigenvalue weighted by atomic mass is 10.1. The summed E-state index contributed by atoms with van der Waals surface area (Å²) in [7, 11) is 0. The Hall–Kier alpha value is -1.50. The highest BCUT2D eigenvalue weighted by Crippen LogP contribution is 2.58. The van der Waals surface area contributed by atoms with Crippen LogP contribution in [0.5, 0.6) is 0 Å². The summed E-state index contributed by atoms with van der Waals surface area (Å²) in [4.78, 5) is 22.2. The number of ether oxygens (including phenoxy) is 1. The van der Waals surface area contributed by atoms with Crippen molar-refractivity contribution in [1.29, 1.82) is 0 Å². The number of esters is 1. The number of carbonyl (C=O) groups excluding carboxylic acids is 1. The summed E-state index contributed by atoms with van der Waals surface area (Å²) in [6, 6.07) is 0. The summed E-state index contributed by atoms with van der Waals surface area (Å²) in [5.41, 5.74) is -0.828. The van der Waals surface area contributed by atoms with Crippen LogP contribution in [0.15, 0.2) is 0 Å². The van der Waals surface area contributed by atoms with Crippen molar-refractivity contribution in [2.75, 3.05) is 0 Å². The standard InChI is InChI=1S/C13H18O4/c1-12(2,3)17-11(16)10-8(13(10,4)5)6-7-9(14)15/h8,10H,1-5H3,(H,14,15). The summed E-state index contributed by atoms with van der Waals surface area (Å²) >= 11 is 0. The lowest BCUT2D eigenvalue weighted by Crippen LogP contribution is -2.26. The molecule has 1 N–H and O–H groups in total. The SMILES string of the molecule is CC(C)(C)OC(=O)C1C(C#CC(=O)O)C1(C)C. The number of carboxylic acid groups (broad SMARTS) is 1. The number of carboxylic acids is 1. The van der Waals surface area contributed by atoms with E-state index in [1.807, 2.05) is 13.8 Å². The van der Waals surface area contributed by atoms with Crippen LogP contribution in [-0.4, -0.2) is 22.6 Å². The number of rotatable bonds is 1. The van der Waals surface area contributed by atoms with Gasteiger partial charge in [-0.2, -0.15) is 0 Å². The minimum Gasteiger partial charge on any atom is -0.472 e. The summed E-state index contributed by atoms with van der Waals surface area (Å²) in [5, 5.41) is 8.48. The third-order valence-corrected chi connectivity index (χ3v) is 2.82. The Morgan fingerprint density at radius 2 is 1.82 bits per heavy atom. The van der Waals surface area contributed by atoms with E-state index in [0.717, 1.165) is 0 Å². The fourth-order valence-electron chi connectivity index (χ4n) is 1.85. The van der Waals surface area contributed by atoms with Gasteiger partial charge in [0.1, 0.15) is 5.60 Å². The van der Waals surface area contributed by atoms with Crippen molar-refractivity contribution in [2.24, 2.45) is 17.3 Å². The number of aliphatic carboxylic acids is 1. The Bertz CT molecular complexity index is 403. The molecule has 1 saturated carbocycles. The molecule has 2 atom stereocenters. The van der Waals surface area contributed by atoms with E-state index < -0.39 is 11.6 Å². The average Bonchev–Trinajstić information content (AvgIpc) is 2.61. The average molecular weight is 238 g/mol. The molecule has 0 amide bonds. The third-order valence-electron chi connectivity index (χ3n) is 2.82. The minimum absolute atomic E-state index is 0.228. The van der Waals surface area contributed by atoms with Crippen molar-refractivity contribution in [3.63, 3.8) is 0 Å². The highest BCUT2D eigenvalue weighted by atomic mass is 16.6. The maximum absolute atomic E-state index is 11.9. The molecule has 0 aromatic heterocycles. The topological polar surface area (TPSA) is 63.6 Å². The molecule has 0 aliphatic heterocycles. The number of hydrogen-bond acceptors (Lipinski definition) is 3. The second-order valence-electron chi connectivity index (χ2n) is 5.88. The summed E-state index contributed by atoms with van der Waals surface area (Å²) < 4.78 is 5.28. The first-order valence-corrected chi connectivity index (χ1v) is 5.53. The molecule has 1 rings (SSSR count). The van der Waals surface area contributed by atoms with Crippen LogP contribution in [0.25, 0.3) is 0 Å². The molecule has 17 heavy (non-hydrogen) atoms. The van der Waals surface area contributed by atoms with Crippen LogP contribution in [0.2, 0.25) is 0 Å². The molecule has 2 unspecified atom stereocenters. The van der Waals surface area contributed by atoms with E-state index in [0.29, 0.717) is 0 Å². The van der Waals surface area contributed by atoms with Crippen LogP contribution in [0.3, 0.4) is 0 Å². The van der Waals surface area contributed by atoms with E-state index in [1.54, 1.807) is 20.8 Å². The maximum Gasteiger partial charge on any atom is 0.381 e. The van der Waals surface area contributed by atoms with Gasteiger partial charge in [0, 0.05) is 11.8 Å². The molecular formula is C13H18O4. The van der Waals surface area contributed by atoms with Crippen LogP contribution in [-0.2, 0) is 14.3 Å². The molecule has 94 valence electrons. The van der Waals surface area contributed by atoms with Gasteiger partial charge in [0.05, 0.1) is 5.92 Å². The Kier molecular flexibility index (Phi) is 3.24. The highest BCUT2D eigenvalue weighted by molar-refractivity contribution is 5.87. The molecule has 4 nitrogen and oxygen atoms in total. The molecule has 0 bridgehead atoms. The molecule has 1 fully saturated rings. The molecule has 4 heteroatoms.